The van der Waals surface area contributed by atoms with Crippen LogP contribution in [-0.4, -0.2) is 71.7 Å². The third kappa shape index (κ3) is 5.79. The molecular formula is C32H40N4O6. The molecule has 4 atom stereocenters. The highest BCUT2D eigenvalue weighted by atomic mass is 16.5. The van der Waals surface area contributed by atoms with Crippen LogP contribution in [0.1, 0.15) is 50.2 Å². The smallest absolute Gasteiger partial charge is 0.264 e. The van der Waals surface area contributed by atoms with Crippen molar-refractivity contribution in [2.24, 2.45) is 5.92 Å². The minimum absolute atomic E-state index is 0.0517. The fourth-order valence-electron chi connectivity index (χ4n) is 6.21. The largest absolute Gasteiger partial charge is 0.497 e. The van der Waals surface area contributed by atoms with Gasteiger partial charge in [0.1, 0.15) is 5.75 Å². The maximum Gasteiger partial charge on any atom is 0.264 e. The average Bonchev–Trinajstić information content (AvgIpc) is 3.75. The van der Waals surface area contributed by atoms with Crippen LogP contribution in [0, 0.1) is 5.92 Å². The van der Waals surface area contributed by atoms with E-state index in [0.29, 0.717) is 29.2 Å². The Labute approximate surface area is 246 Å². The minimum Gasteiger partial charge on any atom is -0.497 e. The molecular weight excluding hydrogens is 536 g/mol. The maximum absolute atomic E-state index is 13.9. The van der Waals surface area contributed by atoms with E-state index in [1.165, 1.54) is 7.11 Å². The second-order valence-electron chi connectivity index (χ2n) is 11.4. The minimum atomic E-state index is -1.85. The number of benzene rings is 2. The summed E-state index contributed by atoms with van der Waals surface area (Å²) in [4.78, 5) is 42.4. The Morgan fingerprint density at radius 3 is 2.67 bits per heavy atom. The van der Waals surface area contributed by atoms with Crippen LogP contribution in [-0.2, 0) is 26.5 Å². The molecule has 3 aliphatic heterocycles. The summed E-state index contributed by atoms with van der Waals surface area (Å²) in [5.74, 6) is -0.710. The number of hydrogen-bond donors (Lipinski definition) is 4. The molecule has 5 rings (SSSR count). The number of aliphatic hydroxyl groups is 2. The maximum atomic E-state index is 13.9. The van der Waals surface area contributed by atoms with Crippen LogP contribution in [0.2, 0.25) is 0 Å². The molecule has 10 heteroatoms. The van der Waals surface area contributed by atoms with Gasteiger partial charge in [-0.15, -0.1) is 0 Å². The van der Waals surface area contributed by atoms with Gasteiger partial charge >= 0.3 is 0 Å². The summed E-state index contributed by atoms with van der Waals surface area (Å²) in [5.41, 5.74) is 0.700. The lowest BCUT2D eigenvalue weighted by Gasteiger charge is -2.28. The quantitative estimate of drug-likeness (QED) is 0.320. The van der Waals surface area contributed by atoms with Crippen LogP contribution in [0.4, 0.5) is 11.4 Å². The Balaban J connectivity index is 1.31. The predicted octanol–water partition coefficient (Wildman–Crippen LogP) is 2.69. The summed E-state index contributed by atoms with van der Waals surface area (Å²) in [7, 11) is 1.53. The van der Waals surface area contributed by atoms with Crippen LogP contribution in [0.25, 0.3) is 0 Å². The summed E-state index contributed by atoms with van der Waals surface area (Å²) >= 11 is 0. The van der Waals surface area contributed by atoms with Gasteiger partial charge in [-0.25, -0.2) is 0 Å². The number of aliphatic hydroxyl groups excluding tert-OH is 1. The molecule has 10 nitrogen and oxygen atoms in total. The monoisotopic (exact) mass is 576 g/mol. The first kappa shape index (κ1) is 29.8. The second-order valence-corrected chi connectivity index (χ2v) is 11.4. The standard InChI is InChI=1S/C32H40N4O6/c1-21(6-3-9-29(38)35-17-5-7-24(35)20-37)32(41)26-18-25(42-2)14-15-28(26)36(31(32)40)19-22-10-12-23(13-11-22)34-30(39)27-8-4-16-33-27/h3,6,10-15,18,21,24,27,33,37,41H,4-5,7-9,16-17,19-20H2,1-2H3,(H,34,39)/b6-3+/t21-,24+,27-,32+/m1/s1. The second kappa shape index (κ2) is 12.6. The average molecular weight is 577 g/mol. The van der Waals surface area contributed by atoms with Gasteiger partial charge < -0.3 is 35.4 Å². The van der Waals surface area contributed by atoms with Crippen molar-refractivity contribution < 1.29 is 29.3 Å². The molecule has 4 N–H and O–H groups in total. The number of fused-ring (bicyclic) bond motifs is 1. The molecule has 3 amide bonds. The fourth-order valence-corrected chi connectivity index (χ4v) is 6.21. The number of rotatable bonds is 10. The van der Waals surface area contributed by atoms with E-state index in [0.717, 1.165) is 37.8 Å². The molecule has 2 aromatic rings. The third-order valence-corrected chi connectivity index (χ3v) is 8.70. The number of anilines is 2. The molecule has 0 unspecified atom stereocenters. The topological polar surface area (TPSA) is 131 Å². The van der Waals surface area contributed by atoms with Crippen molar-refractivity contribution in [1.82, 2.24) is 10.2 Å². The van der Waals surface area contributed by atoms with Crippen molar-refractivity contribution in [3.8, 4) is 5.75 Å². The summed E-state index contributed by atoms with van der Waals surface area (Å²) in [6.07, 6.45) is 7.00. The Morgan fingerprint density at radius 1 is 1.19 bits per heavy atom. The van der Waals surface area contributed by atoms with Gasteiger partial charge in [0.2, 0.25) is 11.8 Å². The van der Waals surface area contributed by atoms with Crippen LogP contribution in [0.5, 0.6) is 5.75 Å². The van der Waals surface area contributed by atoms with Crippen LogP contribution in [0.15, 0.2) is 54.6 Å². The number of hydrogen-bond acceptors (Lipinski definition) is 7. The van der Waals surface area contributed by atoms with E-state index in [-0.39, 0.29) is 43.5 Å². The van der Waals surface area contributed by atoms with Gasteiger partial charge in [0, 0.05) is 30.1 Å². The van der Waals surface area contributed by atoms with E-state index in [4.69, 9.17) is 4.74 Å². The lowest BCUT2D eigenvalue weighted by atomic mass is 9.83. The van der Waals surface area contributed by atoms with E-state index in [1.54, 1.807) is 47.1 Å². The van der Waals surface area contributed by atoms with Crippen LogP contribution < -0.4 is 20.3 Å². The Hall–Kier alpha value is -3.73. The van der Waals surface area contributed by atoms with Crippen molar-refractivity contribution in [2.75, 3.05) is 37.0 Å². The first-order valence-corrected chi connectivity index (χ1v) is 14.7. The van der Waals surface area contributed by atoms with E-state index >= 15 is 0 Å². The highest BCUT2D eigenvalue weighted by Gasteiger charge is 2.52. The van der Waals surface area contributed by atoms with Gasteiger partial charge in [-0.3, -0.25) is 14.4 Å². The SMILES string of the molecule is COc1ccc2c(c1)[C@@](O)([C@H](C)/C=C/CC(=O)N1CCC[C@H]1CO)C(=O)N2Cc1ccc(NC(=O)[C@H]2CCCN2)cc1. The van der Waals surface area contributed by atoms with Crippen molar-refractivity contribution in [3.05, 3.63) is 65.7 Å². The number of carbonyl (C=O) groups excluding carboxylic acids is 3. The Morgan fingerprint density at radius 2 is 1.98 bits per heavy atom. The molecule has 3 aliphatic rings. The first-order chi connectivity index (χ1) is 20.3. The van der Waals surface area contributed by atoms with E-state index < -0.39 is 17.4 Å². The zero-order chi connectivity index (χ0) is 29.9. The van der Waals surface area contributed by atoms with Crippen LogP contribution in [0.3, 0.4) is 0 Å². The van der Waals surface area contributed by atoms with Crippen molar-refractivity contribution >= 4 is 29.1 Å². The summed E-state index contributed by atoms with van der Waals surface area (Å²) in [6.45, 7) is 3.41. The zero-order valence-electron chi connectivity index (χ0n) is 24.2. The van der Waals surface area contributed by atoms with Crippen molar-refractivity contribution in [3.63, 3.8) is 0 Å². The molecule has 0 aromatic heterocycles. The molecule has 2 aromatic carbocycles. The van der Waals surface area contributed by atoms with Gasteiger partial charge in [0.15, 0.2) is 5.60 Å². The third-order valence-electron chi connectivity index (χ3n) is 8.70. The van der Waals surface area contributed by atoms with Crippen molar-refractivity contribution in [1.29, 1.82) is 0 Å². The molecule has 0 saturated carbocycles. The molecule has 2 fully saturated rings. The molecule has 3 heterocycles. The summed E-state index contributed by atoms with van der Waals surface area (Å²) in [5, 5.41) is 27.6. The van der Waals surface area contributed by atoms with E-state index in [1.807, 2.05) is 24.3 Å². The molecule has 0 spiro atoms. The number of amides is 3. The van der Waals surface area contributed by atoms with Gasteiger partial charge in [-0.1, -0.05) is 31.2 Å². The lowest BCUT2D eigenvalue weighted by molar-refractivity contribution is -0.139. The number of carbonyl (C=O) groups is 3. The molecule has 0 radical (unpaired) electrons. The Bertz CT molecular complexity index is 1340. The highest BCUT2D eigenvalue weighted by Crippen LogP contribution is 2.47. The zero-order valence-corrected chi connectivity index (χ0v) is 24.2. The number of methoxy groups -OCH3 is 1. The lowest BCUT2D eigenvalue weighted by Crippen LogP contribution is -2.44. The van der Waals surface area contributed by atoms with E-state index in [9.17, 15) is 24.6 Å². The van der Waals surface area contributed by atoms with E-state index in [2.05, 4.69) is 10.6 Å². The predicted molar refractivity (Wildman–Crippen MR) is 159 cm³/mol. The summed E-state index contributed by atoms with van der Waals surface area (Å²) in [6, 6.07) is 12.2. The molecule has 0 bridgehead atoms. The number of likely N-dealkylation sites (tertiary alicyclic amines) is 1. The first-order valence-electron chi connectivity index (χ1n) is 14.7. The highest BCUT2D eigenvalue weighted by molar-refractivity contribution is 6.07. The number of nitrogens with one attached hydrogen (secondary N) is 2. The molecule has 0 aliphatic carbocycles. The molecule has 42 heavy (non-hydrogen) atoms. The van der Waals surface area contributed by atoms with Crippen LogP contribution >= 0.6 is 0 Å². The van der Waals surface area contributed by atoms with Gasteiger partial charge in [0.25, 0.3) is 5.91 Å². The van der Waals surface area contributed by atoms with Gasteiger partial charge in [0.05, 0.1) is 38.0 Å². The van der Waals surface area contributed by atoms with Crippen molar-refractivity contribution in [2.45, 2.75) is 63.3 Å². The molecule has 2 saturated heterocycles. The number of nitrogens with zero attached hydrogens (tertiary/aromatic N) is 2. The van der Waals surface area contributed by atoms with Gasteiger partial charge in [-0.2, -0.15) is 0 Å². The number of ether oxygens (including phenoxy) is 1. The normalized spacial score (nSPS) is 24.3. The Kier molecular flexibility index (Phi) is 8.96. The summed E-state index contributed by atoms with van der Waals surface area (Å²) < 4.78 is 5.40. The fraction of sp³-hybridized carbons (Fsp3) is 0.469. The molecule has 224 valence electrons. The van der Waals surface area contributed by atoms with Gasteiger partial charge in [-0.05, 0) is 68.1 Å².